The summed E-state index contributed by atoms with van der Waals surface area (Å²) in [4.78, 5) is 0. The summed E-state index contributed by atoms with van der Waals surface area (Å²) in [6.45, 7) is 3.28. The van der Waals surface area contributed by atoms with Crippen molar-refractivity contribution in [1.82, 2.24) is 4.41 Å². The molecule has 2 N–H and O–H groups in total. The van der Waals surface area contributed by atoms with Crippen molar-refractivity contribution < 1.29 is 0 Å². The van der Waals surface area contributed by atoms with E-state index in [1.54, 1.807) is 0 Å². The smallest absolute Gasteiger partial charge is 0.0208 e. The molecule has 0 aromatic rings. The molecule has 0 aliphatic carbocycles. The van der Waals surface area contributed by atoms with Crippen molar-refractivity contribution in [1.29, 1.82) is 0 Å². The van der Waals surface area contributed by atoms with E-state index in [1.165, 1.54) is 6.20 Å². The standard InChI is InChI=1S/C2H6N2S/c1-2-4(3)5/h2,5H,1,3H2. The number of hydrogen-bond acceptors (Lipinski definition) is 3. The Kier molecular flexibility index (Phi) is 2.05. The van der Waals surface area contributed by atoms with Crippen LogP contribution in [0.3, 0.4) is 0 Å². The van der Waals surface area contributed by atoms with Gasteiger partial charge in [-0.05, 0) is 0 Å². The van der Waals surface area contributed by atoms with Crippen LogP contribution in [-0.4, -0.2) is 4.41 Å². The van der Waals surface area contributed by atoms with E-state index < -0.39 is 0 Å². The van der Waals surface area contributed by atoms with Crippen LogP contribution in [0.1, 0.15) is 0 Å². The van der Waals surface area contributed by atoms with Gasteiger partial charge in [0.25, 0.3) is 0 Å². The molecule has 0 atom stereocenters. The van der Waals surface area contributed by atoms with Gasteiger partial charge in [-0.3, -0.25) is 4.41 Å². The largest absolute Gasteiger partial charge is 0.264 e. The van der Waals surface area contributed by atoms with Gasteiger partial charge in [0, 0.05) is 6.20 Å². The van der Waals surface area contributed by atoms with E-state index in [1.807, 2.05) is 0 Å². The summed E-state index contributed by atoms with van der Waals surface area (Å²) in [5, 5.41) is 0. The van der Waals surface area contributed by atoms with Gasteiger partial charge in [0.05, 0.1) is 0 Å². The Morgan fingerprint density at radius 3 is 2.20 bits per heavy atom. The van der Waals surface area contributed by atoms with Crippen LogP contribution in [0.25, 0.3) is 0 Å². The maximum Gasteiger partial charge on any atom is 0.0208 e. The molecule has 3 heteroatoms. The molecule has 5 heavy (non-hydrogen) atoms. The normalized spacial score (nSPS) is 6.80. The minimum absolute atomic E-state index is 1.08. The summed E-state index contributed by atoms with van der Waals surface area (Å²) in [6.07, 6.45) is 1.39. The number of thiol groups is 1. The Morgan fingerprint density at radius 1 is 2.00 bits per heavy atom. The molecular formula is C2H6N2S. The molecule has 0 amide bonds. The Labute approximate surface area is 36.8 Å². The number of nitrogens with zero attached hydrogens (tertiary/aromatic N) is 1. The molecule has 0 aromatic carbocycles. The van der Waals surface area contributed by atoms with Gasteiger partial charge in [-0.1, -0.05) is 19.4 Å². The molecule has 0 aliphatic heterocycles. The van der Waals surface area contributed by atoms with Crippen molar-refractivity contribution in [2.75, 3.05) is 0 Å². The predicted octanol–water partition coefficient (Wildman–Crippen LogP) is 0.150. The maximum atomic E-state index is 4.87. The first kappa shape index (κ1) is 4.85. The monoisotopic (exact) mass is 90.0 g/mol. The fourth-order valence-corrected chi connectivity index (χ4v) is 0. The molecule has 0 fully saturated rings. The van der Waals surface area contributed by atoms with Gasteiger partial charge < -0.3 is 0 Å². The third-order valence-electron chi connectivity index (χ3n) is 0.187. The van der Waals surface area contributed by atoms with Crippen molar-refractivity contribution in [3.05, 3.63) is 12.8 Å². The quantitative estimate of drug-likeness (QED) is 0.272. The zero-order valence-electron chi connectivity index (χ0n) is 2.76. The number of hydrazine groups is 1. The number of nitrogens with two attached hydrogens (primary N) is 1. The highest BCUT2D eigenvalue weighted by Gasteiger charge is 1.63. The summed E-state index contributed by atoms with van der Waals surface area (Å²) in [6, 6.07) is 0. The van der Waals surface area contributed by atoms with Crippen molar-refractivity contribution >= 4 is 12.8 Å². The summed E-state index contributed by atoms with van der Waals surface area (Å²) in [7, 11) is 0. The van der Waals surface area contributed by atoms with Crippen LogP contribution in [0.15, 0.2) is 12.8 Å². The fraction of sp³-hybridized carbons (Fsp3) is 0. The zero-order valence-corrected chi connectivity index (χ0v) is 3.65. The zero-order chi connectivity index (χ0) is 4.28. The van der Waals surface area contributed by atoms with E-state index in [-0.39, 0.29) is 0 Å². The van der Waals surface area contributed by atoms with Crippen LogP contribution < -0.4 is 5.84 Å². The van der Waals surface area contributed by atoms with E-state index >= 15 is 0 Å². The van der Waals surface area contributed by atoms with Gasteiger partial charge in [0.1, 0.15) is 0 Å². The third-order valence-corrected chi connectivity index (χ3v) is 0.350. The van der Waals surface area contributed by atoms with E-state index in [2.05, 4.69) is 19.4 Å². The molecule has 0 aromatic heterocycles. The average molecular weight is 90.2 g/mol. The van der Waals surface area contributed by atoms with Crippen molar-refractivity contribution in [2.24, 2.45) is 5.84 Å². The second-order valence-electron chi connectivity index (χ2n) is 0.563. The van der Waals surface area contributed by atoms with Crippen LogP contribution in [0.2, 0.25) is 0 Å². The second-order valence-corrected chi connectivity index (χ2v) is 1.02. The lowest BCUT2D eigenvalue weighted by molar-refractivity contribution is 0.684. The molecule has 0 radical (unpaired) electrons. The molecule has 0 heterocycles. The summed E-state index contributed by atoms with van der Waals surface area (Å²) in [5.41, 5.74) is 0. The lowest BCUT2D eigenvalue weighted by Gasteiger charge is -1.95. The van der Waals surface area contributed by atoms with Gasteiger partial charge in [0.2, 0.25) is 0 Å². The van der Waals surface area contributed by atoms with E-state index in [9.17, 15) is 0 Å². The molecular weight excluding hydrogens is 84.1 g/mol. The van der Waals surface area contributed by atoms with E-state index in [0.29, 0.717) is 0 Å². The van der Waals surface area contributed by atoms with Gasteiger partial charge in [-0.2, -0.15) is 0 Å². The lowest BCUT2D eigenvalue weighted by atomic mass is 11.1. The summed E-state index contributed by atoms with van der Waals surface area (Å²) in [5.74, 6) is 4.87. The molecule has 0 bridgehead atoms. The van der Waals surface area contributed by atoms with Gasteiger partial charge >= 0.3 is 0 Å². The maximum absolute atomic E-state index is 4.87. The predicted molar refractivity (Wildman–Crippen MR) is 25.2 cm³/mol. The molecule has 0 saturated carbocycles. The highest BCUT2D eigenvalue weighted by atomic mass is 32.1. The Hall–Kier alpha value is -0.150. The molecule has 0 rings (SSSR count). The Bertz CT molecular complexity index is 34.6. The van der Waals surface area contributed by atoms with Crippen LogP contribution in [-0.2, 0) is 0 Å². The third kappa shape index (κ3) is 3.85. The fourth-order valence-electron chi connectivity index (χ4n) is 0. The topological polar surface area (TPSA) is 29.3 Å². The highest BCUT2D eigenvalue weighted by Crippen LogP contribution is 1.74. The van der Waals surface area contributed by atoms with Crippen LogP contribution in [0.4, 0.5) is 0 Å². The Morgan fingerprint density at radius 2 is 2.20 bits per heavy atom. The number of rotatable bonds is 1. The first-order valence-electron chi connectivity index (χ1n) is 1.12. The van der Waals surface area contributed by atoms with Crippen molar-refractivity contribution in [3.63, 3.8) is 0 Å². The van der Waals surface area contributed by atoms with Crippen LogP contribution in [0.5, 0.6) is 0 Å². The molecule has 0 unspecified atom stereocenters. The first-order chi connectivity index (χ1) is 2.27. The van der Waals surface area contributed by atoms with Crippen LogP contribution >= 0.6 is 12.8 Å². The Balaban J connectivity index is 2.83. The van der Waals surface area contributed by atoms with Crippen LogP contribution in [0, 0.1) is 0 Å². The minimum atomic E-state index is 1.08. The summed E-state index contributed by atoms with van der Waals surface area (Å²) < 4.78 is 1.08. The van der Waals surface area contributed by atoms with Gasteiger partial charge in [-0.15, -0.1) is 0 Å². The SMILES string of the molecule is C=CN(N)S. The van der Waals surface area contributed by atoms with Gasteiger partial charge in [-0.25, -0.2) is 5.84 Å². The average Bonchev–Trinajstić information content (AvgIpc) is 1.38. The molecule has 0 saturated heterocycles. The van der Waals surface area contributed by atoms with Crippen molar-refractivity contribution in [3.8, 4) is 0 Å². The van der Waals surface area contributed by atoms with E-state index in [4.69, 9.17) is 5.84 Å². The first-order valence-corrected chi connectivity index (χ1v) is 1.52. The molecule has 0 spiro atoms. The lowest BCUT2D eigenvalue weighted by Crippen LogP contribution is -2.10. The van der Waals surface area contributed by atoms with Crippen molar-refractivity contribution in [2.45, 2.75) is 0 Å². The minimum Gasteiger partial charge on any atom is -0.264 e. The molecule has 0 aliphatic rings. The number of hydrogen-bond donors (Lipinski definition) is 2. The highest BCUT2D eigenvalue weighted by molar-refractivity contribution is 7.77. The summed E-state index contributed by atoms with van der Waals surface area (Å²) >= 11 is 3.59. The second kappa shape index (κ2) is 2.11. The molecule has 30 valence electrons. The molecule has 2 nitrogen and oxygen atoms in total. The van der Waals surface area contributed by atoms with Gasteiger partial charge in [0.15, 0.2) is 0 Å². The van der Waals surface area contributed by atoms with E-state index in [0.717, 1.165) is 4.41 Å².